The van der Waals surface area contributed by atoms with Crippen molar-refractivity contribution in [1.82, 2.24) is 0 Å². The van der Waals surface area contributed by atoms with E-state index < -0.39 is 5.91 Å². The first-order valence-electron chi connectivity index (χ1n) is 4.71. The number of nitrogens with two attached hydrogens (primary N) is 1. The van der Waals surface area contributed by atoms with Crippen LogP contribution < -0.4 is 5.73 Å². The number of hydrogen-bond donors (Lipinski definition) is 1. The number of hydrogen-bond acceptors (Lipinski definition) is 2. The number of carbonyl (C=O) groups is 1. The summed E-state index contributed by atoms with van der Waals surface area (Å²) in [6.07, 6.45) is 0. The van der Waals surface area contributed by atoms with E-state index >= 15 is 0 Å². The first kappa shape index (κ1) is 10.5. The van der Waals surface area contributed by atoms with Crippen molar-refractivity contribution in [2.45, 2.75) is 0 Å². The molecular formula is C13H9NOS. The molecule has 0 aliphatic carbocycles. The predicted octanol–water partition coefficient (Wildman–Crippen LogP) is 2.25. The Labute approximate surface area is 97.7 Å². The molecule has 1 amide bonds. The zero-order valence-corrected chi connectivity index (χ0v) is 9.25. The molecular weight excluding hydrogens is 218 g/mol. The van der Waals surface area contributed by atoms with Gasteiger partial charge in [0.15, 0.2) is 0 Å². The summed E-state index contributed by atoms with van der Waals surface area (Å²) in [6.45, 7) is 0. The molecule has 2 N–H and O–H groups in total. The van der Waals surface area contributed by atoms with Gasteiger partial charge in [0.1, 0.15) is 0 Å². The molecule has 0 saturated carbocycles. The van der Waals surface area contributed by atoms with Crippen molar-refractivity contribution in [3.63, 3.8) is 0 Å². The Kier molecular flexibility index (Phi) is 3.04. The van der Waals surface area contributed by atoms with E-state index in [2.05, 4.69) is 11.8 Å². The molecule has 3 heteroatoms. The van der Waals surface area contributed by atoms with E-state index in [0.29, 0.717) is 5.56 Å². The maximum absolute atomic E-state index is 10.8. The SMILES string of the molecule is NC(=O)c1ccc(C#Cc2cccs2)cc1. The van der Waals surface area contributed by atoms with Crippen molar-refractivity contribution in [2.75, 3.05) is 0 Å². The third-order valence-electron chi connectivity index (χ3n) is 2.02. The summed E-state index contributed by atoms with van der Waals surface area (Å²) in [5, 5.41) is 1.99. The van der Waals surface area contributed by atoms with Crippen LogP contribution in [-0.2, 0) is 0 Å². The van der Waals surface area contributed by atoms with Gasteiger partial charge in [-0.3, -0.25) is 4.79 Å². The third kappa shape index (κ3) is 2.50. The highest BCUT2D eigenvalue weighted by atomic mass is 32.1. The molecule has 0 spiro atoms. The summed E-state index contributed by atoms with van der Waals surface area (Å²) in [6, 6.07) is 10.9. The lowest BCUT2D eigenvalue weighted by molar-refractivity contribution is 0.100. The van der Waals surface area contributed by atoms with E-state index in [1.165, 1.54) is 0 Å². The molecule has 2 rings (SSSR count). The normalized spacial score (nSPS) is 9.25. The zero-order valence-electron chi connectivity index (χ0n) is 8.44. The molecule has 0 aliphatic heterocycles. The minimum atomic E-state index is -0.419. The lowest BCUT2D eigenvalue weighted by atomic mass is 10.1. The molecule has 0 fully saturated rings. The van der Waals surface area contributed by atoms with Gasteiger partial charge in [0, 0.05) is 11.1 Å². The fraction of sp³-hybridized carbons (Fsp3) is 0. The number of thiophene rings is 1. The molecule has 0 bridgehead atoms. The van der Waals surface area contributed by atoms with E-state index in [0.717, 1.165) is 10.4 Å². The molecule has 0 saturated heterocycles. The van der Waals surface area contributed by atoms with E-state index in [1.807, 2.05) is 17.5 Å². The van der Waals surface area contributed by atoms with E-state index in [-0.39, 0.29) is 0 Å². The van der Waals surface area contributed by atoms with Crippen LogP contribution >= 0.6 is 11.3 Å². The Hall–Kier alpha value is -2.05. The van der Waals surface area contributed by atoms with Crippen LogP contribution in [-0.4, -0.2) is 5.91 Å². The molecule has 0 radical (unpaired) electrons. The van der Waals surface area contributed by atoms with Gasteiger partial charge in [0.2, 0.25) is 5.91 Å². The van der Waals surface area contributed by atoms with Crippen molar-refractivity contribution in [1.29, 1.82) is 0 Å². The van der Waals surface area contributed by atoms with E-state index in [9.17, 15) is 4.79 Å². The molecule has 1 aromatic carbocycles. The summed E-state index contributed by atoms with van der Waals surface area (Å²) >= 11 is 1.60. The fourth-order valence-corrected chi connectivity index (χ4v) is 1.77. The molecule has 2 nitrogen and oxygen atoms in total. The summed E-state index contributed by atoms with van der Waals surface area (Å²) in [4.78, 5) is 11.9. The van der Waals surface area contributed by atoms with Crippen molar-refractivity contribution in [3.05, 3.63) is 57.8 Å². The van der Waals surface area contributed by atoms with Gasteiger partial charge in [-0.2, -0.15) is 0 Å². The summed E-state index contributed by atoms with van der Waals surface area (Å²) in [5.41, 5.74) is 6.52. The largest absolute Gasteiger partial charge is 0.366 e. The lowest BCUT2D eigenvalue weighted by Gasteiger charge is -1.94. The third-order valence-corrected chi connectivity index (χ3v) is 2.81. The first-order chi connectivity index (χ1) is 7.75. The van der Waals surface area contributed by atoms with Crippen molar-refractivity contribution >= 4 is 17.2 Å². The van der Waals surface area contributed by atoms with Crippen LogP contribution in [0.1, 0.15) is 20.8 Å². The van der Waals surface area contributed by atoms with Gasteiger partial charge in [0.25, 0.3) is 0 Å². The lowest BCUT2D eigenvalue weighted by Crippen LogP contribution is -2.10. The minimum Gasteiger partial charge on any atom is -0.366 e. The standard InChI is InChI=1S/C13H9NOS/c14-13(15)11-6-3-10(4-7-11)5-8-12-2-1-9-16-12/h1-4,6-7,9H,(H2,14,15). The maximum atomic E-state index is 10.8. The molecule has 0 atom stereocenters. The fourth-order valence-electron chi connectivity index (χ4n) is 1.20. The van der Waals surface area contributed by atoms with Gasteiger partial charge in [-0.05, 0) is 35.7 Å². The Morgan fingerprint density at radius 3 is 2.44 bits per heavy atom. The van der Waals surface area contributed by atoms with Crippen molar-refractivity contribution in [2.24, 2.45) is 5.73 Å². The quantitative estimate of drug-likeness (QED) is 0.746. The van der Waals surface area contributed by atoms with Crippen LogP contribution in [0.25, 0.3) is 0 Å². The summed E-state index contributed by atoms with van der Waals surface area (Å²) in [5.74, 6) is 5.64. The van der Waals surface area contributed by atoms with Crippen molar-refractivity contribution in [3.8, 4) is 11.8 Å². The highest BCUT2D eigenvalue weighted by Crippen LogP contribution is 2.07. The van der Waals surface area contributed by atoms with E-state index in [4.69, 9.17) is 5.73 Å². The van der Waals surface area contributed by atoms with Crippen molar-refractivity contribution < 1.29 is 4.79 Å². The molecule has 1 heterocycles. The van der Waals surface area contributed by atoms with Crippen LogP contribution in [0, 0.1) is 11.8 Å². The van der Waals surface area contributed by atoms with Gasteiger partial charge >= 0.3 is 0 Å². The zero-order chi connectivity index (χ0) is 11.4. The van der Waals surface area contributed by atoms with Gasteiger partial charge in [-0.25, -0.2) is 0 Å². The second kappa shape index (κ2) is 4.65. The van der Waals surface area contributed by atoms with Gasteiger partial charge in [-0.15, -0.1) is 11.3 Å². The van der Waals surface area contributed by atoms with Crippen LogP contribution in [0.2, 0.25) is 0 Å². The molecule has 16 heavy (non-hydrogen) atoms. The van der Waals surface area contributed by atoms with Crippen LogP contribution in [0.3, 0.4) is 0 Å². The van der Waals surface area contributed by atoms with Crippen LogP contribution in [0.15, 0.2) is 41.8 Å². The van der Waals surface area contributed by atoms with E-state index in [1.54, 1.807) is 35.6 Å². The monoisotopic (exact) mass is 227 g/mol. The molecule has 0 aliphatic rings. The Bertz CT molecular complexity index is 544. The average Bonchev–Trinajstić information content (AvgIpc) is 2.80. The second-order valence-electron chi connectivity index (χ2n) is 3.17. The molecule has 0 unspecified atom stereocenters. The smallest absolute Gasteiger partial charge is 0.248 e. The van der Waals surface area contributed by atoms with Crippen LogP contribution in [0.4, 0.5) is 0 Å². The number of primary amides is 1. The Balaban J connectivity index is 2.20. The molecule has 78 valence electrons. The number of carbonyl (C=O) groups excluding carboxylic acids is 1. The number of benzene rings is 1. The highest BCUT2D eigenvalue weighted by Gasteiger charge is 1.97. The van der Waals surface area contributed by atoms with Crippen LogP contribution in [0.5, 0.6) is 0 Å². The van der Waals surface area contributed by atoms with Gasteiger partial charge < -0.3 is 5.73 Å². The molecule has 1 aromatic heterocycles. The number of rotatable bonds is 1. The predicted molar refractivity (Wildman–Crippen MR) is 65.3 cm³/mol. The van der Waals surface area contributed by atoms with Gasteiger partial charge in [0.05, 0.1) is 4.88 Å². The first-order valence-corrected chi connectivity index (χ1v) is 5.59. The summed E-state index contributed by atoms with van der Waals surface area (Å²) in [7, 11) is 0. The van der Waals surface area contributed by atoms with Gasteiger partial charge in [-0.1, -0.05) is 17.9 Å². The minimum absolute atomic E-state index is 0.419. The Morgan fingerprint density at radius 2 is 1.88 bits per heavy atom. The molecule has 2 aromatic rings. The maximum Gasteiger partial charge on any atom is 0.248 e. The second-order valence-corrected chi connectivity index (χ2v) is 4.12. The topological polar surface area (TPSA) is 43.1 Å². The average molecular weight is 227 g/mol. The highest BCUT2D eigenvalue weighted by molar-refractivity contribution is 7.10. The Morgan fingerprint density at radius 1 is 1.12 bits per heavy atom. The summed E-state index contributed by atoms with van der Waals surface area (Å²) < 4.78 is 0. The number of amides is 1.